The van der Waals surface area contributed by atoms with E-state index in [9.17, 15) is 4.79 Å². The van der Waals surface area contributed by atoms with Gasteiger partial charge in [-0.25, -0.2) is 4.98 Å². The van der Waals surface area contributed by atoms with Gasteiger partial charge in [0.25, 0.3) is 5.56 Å². The Morgan fingerprint density at radius 1 is 1.33 bits per heavy atom. The summed E-state index contributed by atoms with van der Waals surface area (Å²) in [7, 11) is 0. The van der Waals surface area contributed by atoms with Crippen LogP contribution in [0.25, 0.3) is 11.4 Å². The number of aryl methyl sites for hydroxylation is 1. The molecule has 0 spiro atoms. The van der Waals surface area contributed by atoms with E-state index in [1.165, 1.54) is 0 Å². The van der Waals surface area contributed by atoms with Crippen LogP contribution < -0.4 is 15.0 Å². The lowest BCUT2D eigenvalue weighted by Gasteiger charge is -2.20. The lowest BCUT2D eigenvalue weighted by atomic mass is 10.1. The third-order valence-corrected chi connectivity index (χ3v) is 3.74. The molecule has 1 N–H and O–H groups in total. The molecule has 3 rings (SSSR count). The molecule has 0 saturated heterocycles. The van der Waals surface area contributed by atoms with E-state index in [4.69, 9.17) is 21.1 Å². The Hall–Kier alpha value is -2.01. The fourth-order valence-electron chi connectivity index (χ4n) is 2.31. The molecular weight excluding hydrogens is 292 g/mol. The average molecular weight is 307 g/mol. The van der Waals surface area contributed by atoms with Crippen LogP contribution >= 0.6 is 11.6 Å². The second-order valence-electron chi connectivity index (χ2n) is 4.82. The predicted octanol–water partition coefficient (Wildman–Crippen LogP) is 2.73. The van der Waals surface area contributed by atoms with Gasteiger partial charge in [0.05, 0.1) is 10.7 Å². The minimum atomic E-state index is -0.136. The zero-order valence-electron chi connectivity index (χ0n) is 11.8. The average Bonchev–Trinajstić information content (AvgIpc) is 2.50. The molecule has 0 bridgehead atoms. The van der Waals surface area contributed by atoms with Gasteiger partial charge in [-0.1, -0.05) is 18.5 Å². The van der Waals surface area contributed by atoms with Crippen molar-refractivity contribution in [1.82, 2.24) is 9.97 Å². The van der Waals surface area contributed by atoms with Crippen LogP contribution in [0.3, 0.4) is 0 Å². The third kappa shape index (κ3) is 2.49. The van der Waals surface area contributed by atoms with Gasteiger partial charge in [-0.15, -0.1) is 0 Å². The van der Waals surface area contributed by atoms with E-state index >= 15 is 0 Å². The lowest BCUT2D eigenvalue weighted by molar-refractivity contribution is 0.172. The number of nitrogens with one attached hydrogen (secondary N) is 1. The highest BCUT2D eigenvalue weighted by molar-refractivity contribution is 6.32. The summed E-state index contributed by atoms with van der Waals surface area (Å²) in [5.74, 6) is 1.60. The number of hydrogen-bond donors (Lipinski definition) is 1. The van der Waals surface area contributed by atoms with Gasteiger partial charge in [-0.05, 0) is 25.5 Å². The van der Waals surface area contributed by atoms with E-state index in [1.54, 1.807) is 19.1 Å². The van der Waals surface area contributed by atoms with Gasteiger partial charge in [-0.3, -0.25) is 4.79 Å². The van der Waals surface area contributed by atoms with E-state index in [2.05, 4.69) is 9.97 Å². The highest BCUT2D eigenvalue weighted by Crippen LogP contribution is 2.40. The summed E-state index contributed by atoms with van der Waals surface area (Å²) in [6.45, 7) is 4.69. The Balaban J connectivity index is 2.15. The van der Waals surface area contributed by atoms with E-state index in [0.29, 0.717) is 53.1 Å². The molecule has 0 amide bonds. The number of ether oxygens (including phenoxy) is 2. The van der Waals surface area contributed by atoms with Crippen LogP contribution in [-0.4, -0.2) is 23.2 Å². The zero-order valence-corrected chi connectivity index (χ0v) is 12.6. The molecule has 5 nitrogen and oxygen atoms in total. The number of benzene rings is 1. The van der Waals surface area contributed by atoms with Gasteiger partial charge in [0.1, 0.15) is 19.0 Å². The molecule has 1 aromatic heterocycles. The van der Waals surface area contributed by atoms with E-state index in [-0.39, 0.29) is 5.56 Å². The first kappa shape index (κ1) is 13.9. The standard InChI is InChI=1S/C15H15ClN2O3/c1-3-11-8(2)15(19)18-14(17-11)9-6-10(16)13-12(7-9)20-4-5-21-13/h6-7H,3-5H2,1-2H3,(H,17,18,19). The Morgan fingerprint density at radius 2 is 2.10 bits per heavy atom. The summed E-state index contributed by atoms with van der Waals surface area (Å²) in [4.78, 5) is 19.3. The first-order valence-corrected chi connectivity index (χ1v) is 7.17. The summed E-state index contributed by atoms with van der Waals surface area (Å²) in [6.07, 6.45) is 0.695. The molecule has 6 heteroatoms. The Kier molecular flexibility index (Phi) is 3.59. The van der Waals surface area contributed by atoms with Crippen LogP contribution in [0.1, 0.15) is 18.2 Å². The van der Waals surface area contributed by atoms with Gasteiger partial charge in [-0.2, -0.15) is 0 Å². The van der Waals surface area contributed by atoms with Gasteiger partial charge in [0.2, 0.25) is 0 Å². The predicted molar refractivity (Wildman–Crippen MR) is 80.4 cm³/mol. The number of halogens is 1. The summed E-state index contributed by atoms with van der Waals surface area (Å²) < 4.78 is 11.0. The molecule has 0 fully saturated rings. The minimum absolute atomic E-state index is 0.136. The van der Waals surface area contributed by atoms with Gasteiger partial charge >= 0.3 is 0 Å². The van der Waals surface area contributed by atoms with Crippen molar-refractivity contribution in [3.8, 4) is 22.9 Å². The zero-order chi connectivity index (χ0) is 15.0. The first-order valence-electron chi connectivity index (χ1n) is 6.79. The Labute approximate surface area is 126 Å². The molecule has 2 heterocycles. The van der Waals surface area contributed by atoms with E-state index in [1.807, 2.05) is 6.92 Å². The third-order valence-electron chi connectivity index (χ3n) is 3.46. The smallest absolute Gasteiger partial charge is 0.254 e. The Morgan fingerprint density at radius 3 is 2.86 bits per heavy atom. The fraction of sp³-hybridized carbons (Fsp3) is 0.333. The number of aromatic nitrogens is 2. The second-order valence-corrected chi connectivity index (χ2v) is 5.23. The highest BCUT2D eigenvalue weighted by atomic mass is 35.5. The molecule has 1 aliphatic heterocycles. The van der Waals surface area contributed by atoms with Crippen LogP contribution in [0.4, 0.5) is 0 Å². The normalized spacial score (nSPS) is 13.3. The van der Waals surface area contributed by atoms with E-state index < -0.39 is 0 Å². The molecule has 1 aliphatic rings. The van der Waals surface area contributed by atoms with Crippen LogP contribution in [0.5, 0.6) is 11.5 Å². The van der Waals surface area contributed by atoms with Crippen molar-refractivity contribution in [1.29, 1.82) is 0 Å². The summed E-state index contributed by atoms with van der Waals surface area (Å²) >= 11 is 6.22. The first-order chi connectivity index (χ1) is 10.1. The van der Waals surface area contributed by atoms with Crippen molar-refractivity contribution < 1.29 is 9.47 Å². The monoisotopic (exact) mass is 306 g/mol. The largest absolute Gasteiger partial charge is 0.486 e. The number of rotatable bonds is 2. The van der Waals surface area contributed by atoms with Gasteiger partial charge in [0.15, 0.2) is 11.5 Å². The van der Waals surface area contributed by atoms with Crippen LogP contribution in [0.2, 0.25) is 5.02 Å². The number of fused-ring (bicyclic) bond motifs is 1. The van der Waals surface area contributed by atoms with E-state index in [0.717, 1.165) is 5.69 Å². The minimum Gasteiger partial charge on any atom is -0.486 e. The maximum absolute atomic E-state index is 12.0. The molecule has 21 heavy (non-hydrogen) atoms. The topological polar surface area (TPSA) is 64.2 Å². The van der Waals surface area contributed by atoms with Crippen molar-refractivity contribution in [2.24, 2.45) is 0 Å². The van der Waals surface area contributed by atoms with Gasteiger partial charge < -0.3 is 14.5 Å². The number of H-pyrrole nitrogens is 1. The molecule has 0 unspecified atom stereocenters. The fourth-order valence-corrected chi connectivity index (χ4v) is 2.57. The number of hydrogen-bond acceptors (Lipinski definition) is 4. The maximum atomic E-state index is 12.0. The van der Waals surface area contributed by atoms with Gasteiger partial charge in [0, 0.05) is 11.1 Å². The molecule has 0 radical (unpaired) electrons. The quantitative estimate of drug-likeness (QED) is 0.926. The summed E-state index contributed by atoms with van der Waals surface area (Å²) in [5.41, 5.74) is 1.99. The van der Waals surface area contributed by atoms with Crippen molar-refractivity contribution in [3.63, 3.8) is 0 Å². The molecule has 110 valence electrons. The molecular formula is C15H15ClN2O3. The highest BCUT2D eigenvalue weighted by Gasteiger charge is 2.18. The number of nitrogens with zero attached hydrogens (tertiary/aromatic N) is 1. The molecule has 1 aromatic carbocycles. The van der Waals surface area contributed by atoms with Crippen molar-refractivity contribution in [2.45, 2.75) is 20.3 Å². The molecule has 0 atom stereocenters. The molecule has 0 aliphatic carbocycles. The molecule has 2 aromatic rings. The second kappa shape index (κ2) is 5.41. The SMILES string of the molecule is CCc1nc(-c2cc(Cl)c3c(c2)OCCO3)[nH]c(=O)c1C. The lowest BCUT2D eigenvalue weighted by Crippen LogP contribution is -2.17. The van der Waals surface area contributed by atoms with Crippen LogP contribution in [0.15, 0.2) is 16.9 Å². The van der Waals surface area contributed by atoms with Crippen LogP contribution in [-0.2, 0) is 6.42 Å². The van der Waals surface area contributed by atoms with Crippen molar-refractivity contribution in [2.75, 3.05) is 13.2 Å². The van der Waals surface area contributed by atoms with Crippen molar-refractivity contribution >= 4 is 11.6 Å². The van der Waals surface area contributed by atoms with Crippen molar-refractivity contribution in [3.05, 3.63) is 38.8 Å². The number of aromatic amines is 1. The summed E-state index contributed by atoms with van der Waals surface area (Å²) in [6, 6.07) is 3.51. The van der Waals surface area contributed by atoms with Crippen LogP contribution in [0, 0.1) is 6.92 Å². The maximum Gasteiger partial charge on any atom is 0.254 e. The molecule has 0 saturated carbocycles. The summed E-state index contributed by atoms with van der Waals surface area (Å²) in [5, 5.41) is 0.448. The Bertz CT molecular complexity index is 755.